The van der Waals surface area contributed by atoms with Gasteiger partial charge in [-0.15, -0.1) is 0 Å². The van der Waals surface area contributed by atoms with E-state index in [9.17, 15) is 14.4 Å². The molecule has 8 heteroatoms. The number of fused-ring (bicyclic) bond motifs is 5. The van der Waals surface area contributed by atoms with Gasteiger partial charge in [0, 0.05) is 11.1 Å². The Labute approximate surface area is 141 Å². The Morgan fingerprint density at radius 1 is 0.800 bits per heavy atom. The number of rotatable bonds is 0. The molecule has 1 aliphatic carbocycles. The van der Waals surface area contributed by atoms with Crippen molar-refractivity contribution in [2.75, 3.05) is 26.4 Å². The lowest BCUT2D eigenvalue weighted by Gasteiger charge is -2.32. The summed E-state index contributed by atoms with van der Waals surface area (Å²) in [5.74, 6) is -8.39. The molecule has 0 N–H and O–H groups in total. The Morgan fingerprint density at radius 2 is 1.40 bits per heavy atom. The number of ketones is 1. The van der Waals surface area contributed by atoms with Crippen LogP contribution < -0.4 is 0 Å². The number of hydrogen-bond acceptors (Lipinski definition) is 8. The number of cyclic esters (lactones) is 2. The second kappa shape index (κ2) is 4.95. The summed E-state index contributed by atoms with van der Waals surface area (Å²) in [5.41, 5.74) is 0.844. The molecule has 2 atom stereocenters. The maximum atomic E-state index is 13.3. The number of benzene rings is 1. The van der Waals surface area contributed by atoms with Crippen LogP contribution in [0.1, 0.15) is 11.1 Å². The summed E-state index contributed by atoms with van der Waals surface area (Å²) in [4.78, 5) is 38.1. The van der Waals surface area contributed by atoms with E-state index in [1.54, 1.807) is 24.3 Å². The predicted molar refractivity (Wildman–Crippen MR) is 76.7 cm³/mol. The molecule has 3 saturated heterocycles. The van der Waals surface area contributed by atoms with Gasteiger partial charge in [-0.05, 0) is 0 Å². The van der Waals surface area contributed by atoms with Crippen LogP contribution in [0.3, 0.4) is 0 Å². The van der Waals surface area contributed by atoms with Gasteiger partial charge in [-0.2, -0.15) is 0 Å². The molecule has 3 fully saturated rings. The Morgan fingerprint density at radius 3 is 2.08 bits per heavy atom. The second-order valence-electron chi connectivity index (χ2n) is 6.28. The van der Waals surface area contributed by atoms with E-state index in [0.29, 0.717) is 11.1 Å². The monoisotopic (exact) mass is 346 g/mol. The first-order chi connectivity index (χ1) is 12.1. The maximum Gasteiger partial charge on any atom is 0.325 e. The lowest BCUT2D eigenvalue weighted by Crippen LogP contribution is -2.46. The molecule has 4 aliphatic rings. The molecule has 3 aliphatic heterocycles. The van der Waals surface area contributed by atoms with E-state index in [1.165, 1.54) is 0 Å². The average molecular weight is 346 g/mol. The summed E-state index contributed by atoms with van der Waals surface area (Å²) < 4.78 is 27.8. The molecule has 1 aromatic carbocycles. The Hall–Kier alpha value is -2.13. The Balaban J connectivity index is 1.84. The number of esters is 2. The molecule has 1 aromatic rings. The maximum absolute atomic E-state index is 13.3. The number of hydrogen-bond donors (Lipinski definition) is 0. The first kappa shape index (κ1) is 15.2. The lowest BCUT2D eigenvalue weighted by molar-refractivity contribution is -0.213. The van der Waals surface area contributed by atoms with Crippen molar-refractivity contribution in [1.82, 2.24) is 0 Å². The lowest BCUT2D eigenvalue weighted by atomic mass is 9.83. The molecule has 0 amide bonds. The van der Waals surface area contributed by atoms with Crippen LogP contribution in [0.4, 0.5) is 0 Å². The zero-order chi connectivity index (χ0) is 17.2. The zero-order valence-electron chi connectivity index (χ0n) is 13.1. The van der Waals surface area contributed by atoms with Gasteiger partial charge in [-0.25, -0.2) is 0 Å². The van der Waals surface area contributed by atoms with Crippen molar-refractivity contribution >= 4 is 17.7 Å². The van der Waals surface area contributed by atoms with Crippen LogP contribution >= 0.6 is 0 Å². The molecule has 130 valence electrons. The van der Waals surface area contributed by atoms with E-state index >= 15 is 0 Å². The molecular formula is C17H14O8. The summed E-state index contributed by atoms with van der Waals surface area (Å²) in [6.45, 7) is 0.828. The predicted octanol–water partition coefficient (Wildman–Crippen LogP) is -0.0157. The fraction of sp³-hybridized carbons (Fsp3) is 0.471. The first-order valence-corrected chi connectivity index (χ1v) is 8.06. The fourth-order valence-corrected chi connectivity index (χ4v) is 4.18. The standard InChI is InChI=1S/C17H14O8/c18-13-11-12(15(20)25-14(11)19)16(21-5-6-22-16)9-3-1-2-4-10(9)17(13)23-7-8-24-17/h1-4,11-12H,5-8H2/t11-,12-/m0/s1. The molecule has 8 nitrogen and oxygen atoms in total. The summed E-state index contributed by atoms with van der Waals surface area (Å²) in [6, 6.07) is 6.82. The topological polar surface area (TPSA) is 97.4 Å². The van der Waals surface area contributed by atoms with Gasteiger partial charge in [0.05, 0.1) is 26.4 Å². The smallest absolute Gasteiger partial charge is 0.325 e. The molecule has 0 unspecified atom stereocenters. The zero-order valence-corrected chi connectivity index (χ0v) is 13.1. The van der Waals surface area contributed by atoms with Gasteiger partial charge < -0.3 is 23.7 Å². The molecule has 5 rings (SSSR count). The van der Waals surface area contributed by atoms with Crippen molar-refractivity contribution in [3.8, 4) is 0 Å². The molecular weight excluding hydrogens is 332 g/mol. The van der Waals surface area contributed by atoms with Crippen LogP contribution in [-0.4, -0.2) is 44.1 Å². The van der Waals surface area contributed by atoms with Gasteiger partial charge in [0.15, 0.2) is 0 Å². The van der Waals surface area contributed by atoms with E-state index in [2.05, 4.69) is 0 Å². The highest BCUT2D eigenvalue weighted by atomic mass is 16.8. The molecule has 0 saturated carbocycles. The Kier molecular flexibility index (Phi) is 3.00. The summed E-state index contributed by atoms with van der Waals surface area (Å²) in [6.07, 6.45) is 0. The average Bonchev–Trinajstić information content (AvgIpc) is 3.32. The van der Waals surface area contributed by atoms with Gasteiger partial charge in [0.25, 0.3) is 5.79 Å². The van der Waals surface area contributed by atoms with Crippen LogP contribution in [0.2, 0.25) is 0 Å². The third kappa shape index (κ3) is 1.72. The number of carbonyl (C=O) groups is 3. The SMILES string of the molecule is O=C1OC(=O)[C@@H]2[C@H]1C(=O)C1(OCCO1)c1ccccc1C21OCCO1. The van der Waals surface area contributed by atoms with Crippen molar-refractivity contribution in [2.24, 2.45) is 11.8 Å². The van der Waals surface area contributed by atoms with Crippen molar-refractivity contribution in [3.63, 3.8) is 0 Å². The summed E-state index contributed by atoms with van der Waals surface area (Å²) >= 11 is 0. The first-order valence-electron chi connectivity index (χ1n) is 8.06. The highest BCUT2D eigenvalue weighted by Crippen LogP contribution is 2.54. The minimum atomic E-state index is -1.76. The van der Waals surface area contributed by atoms with Gasteiger partial charge in [0.1, 0.15) is 11.8 Å². The van der Waals surface area contributed by atoms with Gasteiger partial charge >= 0.3 is 11.9 Å². The third-order valence-electron chi connectivity index (χ3n) is 5.13. The Bertz CT molecular complexity index is 788. The van der Waals surface area contributed by atoms with E-state index in [-0.39, 0.29) is 26.4 Å². The molecule has 0 aromatic heterocycles. The number of ether oxygens (including phenoxy) is 5. The molecule has 25 heavy (non-hydrogen) atoms. The summed E-state index contributed by atoms with van der Waals surface area (Å²) in [5, 5.41) is 0. The van der Waals surface area contributed by atoms with Crippen LogP contribution in [0.5, 0.6) is 0 Å². The van der Waals surface area contributed by atoms with Crippen molar-refractivity contribution in [2.45, 2.75) is 11.6 Å². The van der Waals surface area contributed by atoms with Crippen LogP contribution in [0, 0.1) is 11.8 Å². The van der Waals surface area contributed by atoms with E-state index in [0.717, 1.165) is 0 Å². The van der Waals surface area contributed by atoms with Crippen LogP contribution in [0.25, 0.3) is 0 Å². The highest BCUT2D eigenvalue weighted by molar-refractivity contribution is 6.13. The van der Waals surface area contributed by atoms with E-state index in [4.69, 9.17) is 23.7 Å². The molecule has 0 bridgehead atoms. The number of carbonyl (C=O) groups excluding carboxylic acids is 3. The minimum Gasteiger partial charge on any atom is -0.392 e. The normalized spacial score (nSPS) is 31.9. The van der Waals surface area contributed by atoms with Gasteiger partial charge in [-0.1, -0.05) is 24.3 Å². The van der Waals surface area contributed by atoms with Crippen molar-refractivity contribution in [3.05, 3.63) is 35.4 Å². The minimum absolute atomic E-state index is 0.190. The third-order valence-corrected chi connectivity index (χ3v) is 5.13. The van der Waals surface area contributed by atoms with E-state index in [1.807, 2.05) is 0 Å². The van der Waals surface area contributed by atoms with Crippen LogP contribution in [-0.2, 0) is 49.6 Å². The molecule has 2 spiro atoms. The highest BCUT2D eigenvalue weighted by Gasteiger charge is 2.70. The number of Topliss-reactive ketones (excluding diaryl/α,β-unsaturated/α-hetero) is 1. The fourth-order valence-electron chi connectivity index (χ4n) is 4.18. The quantitative estimate of drug-likeness (QED) is 0.478. The molecule has 0 radical (unpaired) electrons. The van der Waals surface area contributed by atoms with Crippen molar-refractivity contribution in [1.29, 1.82) is 0 Å². The largest absolute Gasteiger partial charge is 0.392 e. The second-order valence-corrected chi connectivity index (χ2v) is 6.28. The van der Waals surface area contributed by atoms with Gasteiger partial charge in [-0.3, -0.25) is 14.4 Å². The van der Waals surface area contributed by atoms with E-state index < -0.39 is 41.1 Å². The van der Waals surface area contributed by atoms with Crippen molar-refractivity contribution < 1.29 is 38.1 Å². The van der Waals surface area contributed by atoms with Gasteiger partial charge in [0.2, 0.25) is 11.6 Å². The van der Waals surface area contributed by atoms with Crippen LogP contribution in [0.15, 0.2) is 24.3 Å². The summed E-state index contributed by atoms with van der Waals surface area (Å²) in [7, 11) is 0. The molecule has 3 heterocycles.